The van der Waals surface area contributed by atoms with Gasteiger partial charge in [-0.3, -0.25) is 13.9 Å². The number of para-hydroxylation sites is 1. The first-order valence-corrected chi connectivity index (χ1v) is 13.6. The first-order valence-electron chi connectivity index (χ1n) is 11.7. The number of benzene rings is 2. The second-order valence-electron chi connectivity index (χ2n) is 8.77. The van der Waals surface area contributed by atoms with Crippen LogP contribution in [0.25, 0.3) is 0 Å². The van der Waals surface area contributed by atoms with Gasteiger partial charge in [0.2, 0.25) is 21.8 Å². The molecule has 34 heavy (non-hydrogen) atoms. The van der Waals surface area contributed by atoms with E-state index in [0.29, 0.717) is 25.2 Å². The Balaban J connectivity index is 2.36. The number of carbonyl (C=O) groups is 2. The number of nitrogens with one attached hydrogen (secondary N) is 1. The van der Waals surface area contributed by atoms with Crippen LogP contribution in [0.5, 0.6) is 0 Å². The maximum absolute atomic E-state index is 13.5. The van der Waals surface area contributed by atoms with E-state index in [1.54, 1.807) is 19.1 Å². The Kier molecular flexibility index (Phi) is 10.1. The van der Waals surface area contributed by atoms with Crippen LogP contribution in [0.2, 0.25) is 0 Å². The molecule has 0 bridgehead atoms. The molecule has 0 aromatic heterocycles. The van der Waals surface area contributed by atoms with Gasteiger partial charge in [-0.15, -0.1) is 0 Å². The standard InChI is InChI=1S/C26H37N3O4S/c1-6-17-27-26(31)21(4)28(18-16-22-12-8-7-9-13-22)25(30)19-29(34(5,32)33)24-15-11-10-14-23(24)20(2)3/h7-15,20-21H,6,16-19H2,1-5H3,(H,27,31)/t21-/m0/s1. The van der Waals surface area contributed by atoms with Crippen molar-refractivity contribution in [3.05, 3.63) is 65.7 Å². The molecule has 0 saturated heterocycles. The lowest BCUT2D eigenvalue weighted by atomic mass is 10.0. The Morgan fingerprint density at radius 2 is 1.59 bits per heavy atom. The van der Waals surface area contributed by atoms with Crippen LogP contribution in [-0.2, 0) is 26.0 Å². The molecule has 8 heteroatoms. The van der Waals surface area contributed by atoms with Crippen molar-refractivity contribution >= 4 is 27.5 Å². The van der Waals surface area contributed by atoms with Crippen molar-refractivity contribution in [2.75, 3.05) is 30.2 Å². The second kappa shape index (κ2) is 12.6. The van der Waals surface area contributed by atoms with E-state index in [2.05, 4.69) is 5.32 Å². The summed E-state index contributed by atoms with van der Waals surface area (Å²) < 4.78 is 26.7. The molecule has 1 atom stereocenters. The molecule has 0 aliphatic heterocycles. The Morgan fingerprint density at radius 1 is 0.971 bits per heavy atom. The summed E-state index contributed by atoms with van der Waals surface area (Å²) in [6.45, 7) is 8.04. The summed E-state index contributed by atoms with van der Waals surface area (Å²) in [4.78, 5) is 27.7. The van der Waals surface area contributed by atoms with Crippen molar-refractivity contribution in [2.45, 2.75) is 52.5 Å². The summed E-state index contributed by atoms with van der Waals surface area (Å²) in [5.41, 5.74) is 2.36. The Bertz CT molecular complexity index is 1050. The molecule has 0 saturated carbocycles. The monoisotopic (exact) mass is 487 g/mol. The number of nitrogens with zero attached hydrogens (tertiary/aromatic N) is 2. The summed E-state index contributed by atoms with van der Waals surface area (Å²) in [6.07, 6.45) is 2.44. The maximum Gasteiger partial charge on any atom is 0.244 e. The van der Waals surface area contributed by atoms with Gasteiger partial charge in [-0.2, -0.15) is 0 Å². The topological polar surface area (TPSA) is 86.8 Å². The third kappa shape index (κ3) is 7.58. The van der Waals surface area contributed by atoms with Gasteiger partial charge in [-0.05, 0) is 42.9 Å². The minimum absolute atomic E-state index is 0.0727. The van der Waals surface area contributed by atoms with Crippen molar-refractivity contribution < 1.29 is 18.0 Å². The van der Waals surface area contributed by atoms with Crippen LogP contribution in [-0.4, -0.2) is 57.1 Å². The van der Waals surface area contributed by atoms with E-state index in [1.807, 2.05) is 63.2 Å². The normalized spacial score (nSPS) is 12.3. The van der Waals surface area contributed by atoms with E-state index in [0.717, 1.165) is 28.1 Å². The first kappa shape index (κ1) is 27.4. The molecule has 0 fully saturated rings. The molecule has 186 valence electrons. The molecule has 0 aliphatic carbocycles. The SMILES string of the molecule is CCCNC(=O)[C@H](C)N(CCc1ccccc1)C(=O)CN(c1ccccc1C(C)C)S(C)(=O)=O. The van der Waals surface area contributed by atoms with Crippen LogP contribution in [0.15, 0.2) is 54.6 Å². The summed E-state index contributed by atoms with van der Waals surface area (Å²) in [6, 6.07) is 16.2. The van der Waals surface area contributed by atoms with Gasteiger partial charge >= 0.3 is 0 Å². The van der Waals surface area contributed by atoms with E-state index < -0.39 is 22.0 Å². The van der Waals surface area contributed by atoms with Gasteiger partial charge in [0.05, 0.1) is 11.9 Å². The Labute approximate surface area is 204 Å². The quantitative estimate of drug-likeness (QED) is 0.496. The third-order valence-corrected chi connectivity index (χ3v) is 6.83. The highest BCUT2D eigenvalue weighted by molar-refractivity contribution is 7.92. The Morgan fingerprint density at radius 3 is 2.18 bits per heavy atom. The lowest BCUT2D eigenvalue weighted by Crippen LogP contribution is -2.52. The molecule has 1 N–H and O–H groups in total. The van der Waals surface area contributed by atoms with Crippen LogP contribution >= 0.6 is 0 Å². The maximum atomic E-state index is 13.5. The minimum atomic E-state index is -3.74. The summed E-state index contributed by atoms with van der Waals surface area (Å²) >= 11 is 0. The number of anilines is 1. The van der Waals surface area contributed by atoms with Crippen molar-refractivity contribution in [3.63, 3.8) is 0 Å². The molecular weight excluding hydrogens is 450 g/mol. The molecule has 7 nitrogen and oxygen atoms in total. The van der Waals surface area contributed by atoms with Gasteiger partial charge in [0.15, 0.2) is 0 Å². The number of amides is 2. The summed E-state index contributed by atoms with van der Waals surface area (Å²) in [5, 5.41) is 2.84. The summed E-state index contributed by atoms with van der Waals surface area (Å²) in [5.74, 6) is -0.598. The molecule has 0 aliphatic rings. The molecule has 0 spiro atoms. The van der Waals surface area contributed by atoms with Crippen molar-refractivity contribution in [1.29, 1.82) is 0 Å². The van der Waals surface area contributed by atoms with Crippen LogP contribution < -0.4 is 9.62 Å². The predicted molar refractivity (Wildman–Crippen MR) is 137 cm³/mol. The minimum Gasteiger partial charge on any atom is -0.354 e. The van der Waals surface area contributed by atoms with E-state index in [-0.39, 0.29) is 18.4 Å². The van der Waals surface area contributed by atoms with E-state index >= 15 is 0 Å². The first-order chi connectivity index (χ1) is 16.1. The van der Waals surface area contributed by atoms with Gasteiger partial charge in [-0.1, -0.05) is 69.3 Å². The third-order valence-electron chi connectivity index (χ3n) is 5.71. The zero-order valence-corrected chi connectivity index (χ0v) is 21.6. The van der Waals surface area contributed by atoms with Crippen LogP contribution in [0.1, 0.15) is 51.2 Å². The van der Waals surface area contributed by atoms with E-state index in [1.165, 1.54) is 4.90 Å². The molecule has 2 aromatic rings. The lowest BCUT2D eigenvalue weighted by Gasteiger charge is -2.32. The fourth-order valence-corrected chi connectivity index (χ4v) is 4.63. The highest BCUT2D eigenvalue weighted by atomic mass is 32.2. The molecule has 0 unspecified atom stereocenters. The van der Waals surface area contributed by atoms with Gasteiger partial charge < -0.3 is 10.2 Å². The summed E-state index contributed by atoms with van der Waals surface area (Å²) in [7, 11) is -3.74. The highest BCUT2D eigenvalue weighted by Gasteiger charge is 2.30. The average molecular weight is 488 g/mol. The predicted octanol–water partition coefficient (Wildman–Crippen LogP) is 3.56. The molecule has 0 heterocycles. The van der Waals surface area contributed by atoms with Gasteiger partial charge in [-0.25, -0.2) is 8.42 Å². The fourth-order valence-electron chi connectivity index (χ4n) is 3.76. The number of hydrogen-bond acceptors (Lipinski definition) is 4. The van der Waals surface area contributed by atoms with Gasteiger partial charge in [0.1, 0.15) is 12.6 Å². The number of carbonyl (C=O) groups excluding carboxylic acids is 2. The average Bonchev–Trinajstić information content (AvgIpc) is 2.80. The lowest BCUT2D eigenvalue weighted by molar-refractivity contribution is -0.138. The van der Waals surface area contributed by atoms with Crippen LogP contribution in [0, 0.1) is 0 Å². The van der Waals surface area contributed by atoms with Crippen molar-refractivity contribution in [1.82, 2.24) is 10.2 Å². The Hall–Kier alpha value is -2.87. The van der Waals surface area contributed by atoms with Crippen molar-refractivity contribution in [3.8, 4) is 0 Å². The molecule has 0 radical (unpaired) electrons. The zero-order chi connectivity index (χ0) is 25.3. The molecule has 2 amide bonds. The van der Waals surface area contributed by atoms with Gasteiger partial charge in [0, 0.05) is 13.1 Å². The fraction of sp³-hybridized carbons (Fsp3) is 0.462. The molecular formula is C26H37N3O4S. The number of rotatable bonds is 12. The molecule has 2 rings (SSSR count). The number of sulfonamides is 1. The van der Waals surface area contributed by atoms with Crippen LogP contribution in [0.3, 0.4) is 0 Å². The molecule has 2 aromatic carbocycles. The van der Waals surface area contributed by atoms with E-state index in [9.17, 15) is 18.0 Å². The second-order valence-corrected chi connectivity index (χ2v) is 10.7. The van der Waals surface area contributed by atoms with E-state index in [4.69, 9.17) is 0 Å². The largest absolute Gasteiger partial charge is 0.354 e. The van der Waals surface area contributed by atoms with Gasteiger partial charge in [0.25, 0.3) is 0 Å². The number of hydrogen-bond donors (Lipinski definition) is 1. The zero-order valence-electron chi connectivity index (χ0n) is 20.8. The van der Waals surface area contributed by atoms with Crippen LogP contribution in [0.4, 0.5) is 5.69 Å². The smallest absolute Gasteiger partial charge is 0.244 e. The highest BCUT2D eigenvalue weighted by Crippen LogP contribution is 2.29. The van der Waals surface area contributed by atoms with Crippen molar-refractivity contribution in [2.24, 2.45) is 0 Å².